The Morgan fingerprint density at radius 1 is 0.547 bits per heavy atom. The molecule has 14 atom stereocenters. The number of hydrogen-bond donors (Lipinski definition) is 14. The van der Waals surface area contributed by atoms with E-state index in [1.807, 2.05) is 0 Å². The molecule has 41 heteroatoms. The van der Waals surface area contributed by atoms with Crippen molar-refractivity contribution in [3.05, 3.63) is 203 Å². The molecule has 734 valence electrons. The number of aromatic nitrogens is 1. The highest BCUT2D eigenvalue weighted by atomic mass is 32.2. The van der Waals surface area contributed by atoms with Crippen LogP contribution in [-0.4, -0.2) is 297 Å². The fourth-order valence-electron chi connectivity index (χ4n) is 16.7. The number of nitrogens with two attached hydrogens (primary N) is 1. The van der Waals surface area contributed by atoms with Crippen LogP contribution in [0.3, 0.4) is 0 Å². The zero-order valence-corrected chi connectivity index (χ0v) is 77.7. The molecule has 3 fully saturated rings. The molecule has 0 aliphatic carbocycles. The minimum atomic E-state index is -1.90. The van der Waals surface area contributed by atoms with E-state index in [0.29, 0.717) is 69.0 Å². The number of unbranched alkanes of at least 4 members (excludes halogenated alkanes) is 1. The highest BCUT2D eigenvalue weighted by molar-refractivity contribution is 8.00. The Hall–Kier alpha value is -14.0. The number of aromatic hydroxyl groups is 2. The number of nitrogens with zero attached hydrogens (tertiary/aromatic N) is 5. The Morgan fingerprint density at radius 2 is 1.07 bits per heavy atom. The monoisotopic (exact) mass is 1920 g/mol. The maximum Gasteiger partial charge on any atom is 0.293 e. The van der Waals surface area contributed by atoms with E-state index in [2.05, 4.69) is 52.8 Å². The van der Waals surface area contributed by atoms with Gasteiger partial charge in [0.1, 0.15) is 96.6 Å². The summed E-state index contributed by atoms with van der Waals surface area (Å²) in [6.45, 7) is 2.34. The summed E-state index contributed by atoms with van der Waals surface area (Å²) < 4.78 is 55.6. The normalized spacial score (nSPS) is 23.7. The number of nitrogens with one attached hydrogen (secondary N) is 10. The summed E-state index contributed by atoms with van der Waals surface area (Å²) in [6.07, 6.45) is -2.17. The van der Waals surface area contributed by atoms with Gasteiger partial charge in [-0.1, -0.05) is 137 Å². The highest BCUT2D eigenvalue weighted by Gasteiger charge is 2.48. The van der Waals surface area contributed by atoms with Crippen LogP contribution in [0, 0.1) is 23.4 Å². The number of benzene rings is 6. The van der Waals surface area contributed by atoms with Crippen LogP contribution < -0.4 is 53.6 Å². The number of carbonyl (C=O) groups is 16. The van der Waals surface area contributed by atoms with E-state index in [0.717, 1.165) is 19.6 Å². The summed E-state index contributed by atoms with van der Waals surface area (Å²) in [5, 5.41) is 56.6. The van der Waals surface area contributed by atoms with Crippen molar-refractivity contribution in [2.45, 2.75) is 189 Å². The van der Waals surface area contributed by atoms with Gasteiger partial charge in [-0.2, -0.15) is 0 Å². The molecule has 0 radical (unpaired) electrons. The summed E-state index contributed by atoms with van der Waals surface area (Å²) in [6, 6.07) is 14.6. The van der Waals surface area contributed by atoms with Gasteiger partial charge in [0, 0.05) is 116 Å². The average molecular weight is 1920 g/mol. The molecule has 0 saturated carbocycles. The number of aliphatic hydroxyl groups is 1. The summed E-state index contributed by atoms with van der Waals surface area (Å²) in [4.78, 5) is 247. The number of likely N-dealkylation sites (N-methyl/N-ethyl adjacent to an activating group) is 3. The number of primary amides is 1. The Kier molecular flexibility index (Phi) is 38.4. The third-order valence-electron chi connectivity index (χ3n) is 24.3. The van der Waals surface area contributed by atoms with Crippen molar-refractivity contribution in [3.8, 4) is 11.5 Å². The van der Waals surface area contributed by atoms with Crippen molar-refractivity contribution in [1.82, 2.24) is 77.3 Å². The van der Waals surface area contributed by atoms with Crippen LogP contribution in [0.5, 0.6) is 11.5 Å². The van der Waals surface area contributed by atoms with Gasteiger partial charge in [0.2, 0.25) is 88.6 Å². The fraction of sp³-hybridized carbons (Fsp3) is 0.438. The highest BCUT2D eigenvalue weighted by Crippen LogP contribution is 2.29. The first-order valence-electron chi connectivity index (χ1n) is 45.0. The van der Waals surface area contributed by atoms with Crippen LogP contribution in [0.4, 0.5) is 13.2 Å². The second kappa shape index (κ2) is 50.0. The van der Waals surface area contributed by atoms with Crippen LogP contribution >= 0.6 is 11.8 Å². The van der Waals surface area contributed by atoms with Crippen molar-refractivity contribution >= 4 is 118 Å². The molecule has 0 bridgehead atoms. The lowest BCUT2D eigenvalue weighted by Gasteiger charge is -2.38. The number of hydrogen-bond acceptors (Lipinski definition) is 22. The number of halogens is 3. The number of aromatic amines is 1. The Morgan fingerprint density at radius 3 is 1.67 bits per heavy atom. The molecule has 6 aromatic carbocycles. The summed E-state index contributed by atoms with van der Waals surface area (Å²) in [5.41, 5.74) is 7.86. The van der Waals surface area contributed by atoms with Gasteiger partial charge >= 0.3 is 0 Å². The predicted octanol–water partition coefficient (Wildman–Crippen LogP) is 1.47. The molecule has 3 saturated heterocycles. The Balaban J connectivity index is 1.06. The lowest BCUT2D eigenvalue weighted by molar-refractivity contribution is -0.152. The smallest absolute Gasteiger partial charge is 0.293 e. The third kappa shape index (κ3) is 28.8. The molecule has 3 aliphatic heterocycles. The number of H-pyrrole nitrogens is 1. The maximum atomic E-state index is 15.8. The van der Waals surface area contributed by atoms with Crippen molar-refractivity contribution in [2.75, 3.05) is 72.6 Å². The Bertz CT molecular complexity index is 5430. The van der Waals surface area contributed by atoms with Gasteiger partial charge in [-0.25, -0.2) is 13.2 Å². The van der Waals surface area contributed by atoms with Crippen LogP contribution in [-0.2, 0) is 125 Å². The molecular weight excluding hydrogens is 1800 g/mol. The molecule has 7 aromatic rings. The topological polar surface area (TPSA) is 519 Å². The third-order valence-corrected chi connectivity index (χ3v) is 25.3. The standard InChI is InChI=1S/C96H117F3N16O21S/c1-8-9-25-76-95(133)115-49-63(119)46-78(115)91(129)108-73(50-136-53-116)88(126)110-83(54(2)3)96(134)112(5)77(43-55-19-12-10-13-20-55)90(128)107-72(41-58-29-33-62(118)34-30-58)93(131)114-36-18-26-75(114)89(127)106-70(45-60-47-101-67-24-17-16-23-64(60)67)87(125)105-69(40-57-27-31-61(117)32-28-57)86(124)104-68(35-37-135-7)85(123)109-74(84(122)102-48-80(100)120)51-137-52-81(121)103-71(42-59-38-65(97)82(99)66(98)39-59)92(130)113(6)79(94(132)111(76)4)44-56-21-14-11-15-22-56/h10-17,19-24,27-34,38-39,47,53-54,63,68-79,83,101,117-119H,8-9,18,25-26,35-37,40-46,48-52H2,1-7H3,(H2,100,120)(H,102,122)(H,103,121)(H,104,124)(H,105,125)(H,106,127)(H,107,128)(H,108,129)(H,109,123)(H,110,126)/t63-,68+,69+,70+,71+,72+,73+,74+,75-,76+,77+,78-,79+,83+/m1/s1. The van der Waals surface area contributed by atoms with E-state index in [4.69, 9.17) is 15.2 Å². The second-order valence-corrected chi connectivity index (χ2v) is 35.5. The quantitative estimate of drug-likeness (QED) is 0.0285. The molecule has 1 aromatic heterocycles. The van der Waals surface area contributed by atoms with Gasteiger partial charge in [0.15, 0.2) is 17.5 Å². The molecule has 10 rings (SSSR count). The number of carbonyl (C=O) groups excluding carboxylic acids is 16. The summed E-state index contributed by atoms with van der Waals surface area (Å²) in [5.74, 6) is -22.6. The maximum absolute atomic E-state index is 15.8. The van der Waals surface area contributed by atoms with Gasteiger partial charge in [-0.05, 0) is 107 Å². The fourth-order valence-corrected chi connectivity index (χ4v) is 17.6. The molecule has 37 nitrogen and oxygen atoms in total. The Labute approximate surface area is 793 Å². The number of amides is 15. The number of methoxy groups -OCH3 is 1. The molecule has 0 unspecified atom stereocenters. The van der Waals surface area contributed by atoms with Crippen molar-refractivity contribution in [3.63, 3.8) is 0 Å². The van der Waals surface area contributed by atoms with Gasteiger partial charge in [-0.3, -0.25) is 76.7 Å². The van der Waals surface area contributed by atoms with Crippen LogP contribution in [0.15, 0.2) is 152 Å². The zero-order chi connectivity index (χ0) is 99.4. The molecule has 15 amide bonds. The second-order valence-electron chi connectivity index (χ2n) is 34.5. The van der Waals surface area contributed by atoms with Gasteiger partial charge in [0.05, 0.1) is 18.4 Å². The first-order chi connectivity index (χ1) is 65.4. The number of rotatable bonds is 25. The number of phenols is 2. The number of phenolic OH excluding ortho intramolecular Hbond substituents is 2. The van der Waals surface area contributed by atoms with Crippen LogP contribution in [0.2, 0.25) is 0 Å². The number of thioether (sulfide) groups is 1. The molecule has 0 spiro atoms. The zero-order valence-electron chi connectivity index (χ0n) is 76.9. The van der Waals surface area contributed by atoms with Gasteiger partial charge in [0.25, 0.3) is 6.47 Å². The summed E-state index contributed by atoms with van der Waals surface area (Å²) >= 11 is 0.647. The van der Waals surface area contributed by atoms with E-state index < -0.39 is 241 Å². The van der Waals surface area contributed by atoms with Crippen LogP contribution in [0.1, 0.15) is 99.1 Å². The van der Waals surface area contributed by atoms with Gasteiger partial charge < -0.3 is 108 Å². The number of ether oxygens (including phenoxy) is 2. The lowest BCUT2D eigenvalue weighted by Crippen LogP contribution is -2.62. The van der Waals surface area contributed by atoms with E-state index in [1.165, 1.54) is 81.7 Å². The first kappa shape index (κ1) is 105. The van der Waals surface area contributed by atoms with Crippen molar-refractivity contribution < 1.29 is 115 Å². The minimum absolute atomic E-state index is 0.00687. The first-order valence-corrected chi connectivity index (χ1v) is 46.1. The summed E-state index contributed by atoms with van der Waals surface area (Å²) in [7, 11) is 4.99. The molecule has 3 aliphatic rings. The van der Waals surface area contributed by atoms with E-state index in [1.54, 1.807) is 112 Å². The van der Waals surface area contributed by atoms with E-state index >= 15 is 56.7 Å². The predicted molar refractivity (Wildman–Crippen MR) is 494 cm³/mol. The number of fused-ring (bicyclic) bond motifs is 3. The lowest BCUT2D eigenvalue weighted by atomic mass is 9.98. The largest absolute Gasteiger partial charge is 0.508 e. The molecule has 137 heavy (non-hydrogen) atoms. The molecule has 4 heterocycles. The van der Waals surface area contributed by atoms with Gasteiger partial charge in [-0.15, -0.1) is 11.8 Å². The van der Waals surface area contributed by atoms with Crippen molar-refractivity contribution in [2.24, 2.45) is 11.7 Å². The number of aliphatic hydroxyl groups excluding tert-OH is 1. The van der Waals surface area contributed by atoms with E-state index in [-0.39, 0.29) is 101 Å². The SMILES string of the molecule is CCCC[C@H]1C(=O)N2C[C@H](O)C[C@@H]2C(=O)N[C@@H](COC=O)C(=O)N[C@@H](C(C)C)C(=O)N(C)[C@@H](Cc2ccccc2)C(=O)N[C@@H](Cc2ccc(O)cc2)C(=O)N2CCC[C@@H]2C(=O)N[C@@H](Cc2c[nH]c3ccccc23)C(=O)N[C@@H](Cc2ccc(O)cc2)C(=O)N[C@@H](CCOC)C(=O)N[C@H](C(=O)NCC(N)=O)CSCC(=O)N[C@@H](Cc2cc(F)c(F)c(F)c2)C(=O)N(C)[C@@H](Cc2ccccc2)C(=O)N1C. The molecular formula is C96H117F3N16O21S. The number of para-hydroxylation sites is 1. The van der Waals surface area contributed by atoms with Crippen molar-refractivity contribution in [1.29, 1.82) is 0 Å². The minimum Gasteiger partial charge on any atom is -0.508 e. The molecule has 15 N–H and O–H groups in total. The van der Waals surface area contributed by atoms with Crippen LogP contribution in [0.25, 0.3) is 10.9 Å². The average Bonchev–Trinajstić information content (AvgIpc) is 1.77. The van der Waals surface area contributed by atoms with E-state index in [9.17, 15) is 48.5 Å².